The van der Waals surface area contributed by atoms with E-state index in [0.717, 1.165) is 12.8 Å². The fraction of sp³-hybridized carbons (Fsp3) is 0.929. The number of Topliss-reactive ketones (excluding diaryl/α,β-unsaturated/α-hetero) is 1. The zero-order valence-electron chi connectivity index (χ0n) is 11.3. The molecule has 16 heavy (non-hydrogen) atoms. The standard InChI is InChI=1S/C14H29NO/c1-4-5-6-7-8-9-10-11-12-14(16)13(2)15-3/h13,15H,4-12H2,1-3H3. The highest BCUT2D eigenvalue weighted by atomic mass is 16.1. The molecule has 0 aliphatic rings. The highest BCUT2D eigenvalue weighted by Crippen LogP contribution is 2.10. The van der Waals surface area contributed by atoms with Crippen LogP contribution in [-0.2, 0) is 4.79 Å². The molecule has 0 saturated heterocycles. The number of nitrogens with one attached hydrogen (secondary N) is 1. The number of likely N-dealkylation sites (N-methyl/N-ethyl adjacent to an activating group) is 1. The predicted molar refractivity (Wildman–Crippen MR) is 70.8 cm³/mol. The van der Waals surface area contributed by atoms with E-state index in [4.69, 9.17) is 0 Å². The van der Waals surface area contributed by atoms with Crippen molar-refractivity contribution in [1.29, 1.82) is 0 Å². The van der Waals surface area contributed by atoms with Crippen LogP contribution in [-0.4, -0.2) is 18.9 Å². The molecule has 1 atom stereocenters. The Labute approximate surface area is 101 Å². The largest absolute Gasteiger partial charge is 0.311 e. The number of hydrogen-bond donors (Lipinski definition) is 1. The fourth-order valence-corrected chi connectivity index (χ4v) is 1.81. The Morgan fingerprint density at radius 2 is 1.50 bits per heavy atom. The minimum Gasteiger partial charge on any atom is -0.311 e. The van der Waals surface area contributed by atoms with Crippen LogP contribution in [0, 0.1) is 0 Å². The lowest BCUT2D eigenvalue weighted by molar-refractivity contribution is -0.120. The van der Waals surface area contributed by atoms with Crippen molar-refractivity contribution in [3.63, 3.8) is 0 Å². The maximum absolute atomic E-state index is 11.5. The Morgan fingerprint density at radius 1 is 1.00 bits per heavy atom. The van der Waals surface area contributed by atoms with Gasteiger partial charge in [0.05, 0.1) is 6.04 Å². The van der Waals surface area contributed by atoms with Crippen LogP contribution in [0.15, 0.2) is 0 Å². The first-order valence-electron chi connectivity index (χ1n) is 6.92. The van der Waals surface area contributed by atoms with Crippen LogP contribution in [0.5, 0.6) is 0 Å². The van der Waals surface area contributed by atoms with Gasteiger partial charge in [0.15, 0.2) is 0 Å². The Kier molecular flexibility index (Phi) is 10.9. The summed E-state index contributed by atoms with van der Waals surface area (Å²) in [6, 6.07) is 0.0320. The second-order valence-electron chi connectivity index (χ2n) is 4.70. The average Bonchev–Trinajstić information content (AvgIpc) is 2.31. The summed E-state index contributed by atoms with van der Waals surface area (Å²) < 4.78 is 0. The van der Waals surface area contributed by atoms with E-state index in [1.54, 1.807) is 0 Å². The van der Waals surface area contributed by atoms with Crippen LogP contribution in [0.3, 0.4) is 0 Å². The third-order valence-corrected chi connectivity index (χ3v) is 3.19. The van der Waals surface area contributed by atoms with Crippen molar-refractivity contribution in [3.05, 3.63) is 0 Å². The molecule has 1 unspecified atom stereocenters. The molecule has 0 fully saturated rings. The first-order valence-corrected chi connectivity index (χ1v) is 6.92. The van der Waals surface area contributed by atoms with Crippen LogP contribution in [0.2, 0.25) is 0 Å². The van der Waals surface area contributed by atoms with E-state index in [1.807, 2.05) is 14.0 Å². The number of carbonyl (C=O) groups excluding carboxylic acids is 1. The van der Waals surface area contributed by atoms with Crippen molar-refractivity contribution in [1.82, 2.24) is 5.32 Å². The molecule has 0 rings (SSSR count). The van der Waals surface area contributed by atoms with Gasteiger partial charge in [-0.3, -0.25) is 4.79 Å². The quantitative estimate of drug-likeness (QED) is 0.545. The Morgan fingerprint density at radius 3 is 2.00 bits per heavy atom. The van der Waals surface area contributed by atoms with Crippen molar-refractivity contribution in [3.8, 4) is 0 Å². The van der Waals surface area contributed by atoms with Gasteiger partial charge in [-0.15, -0.1) is 0 Å². The lowest BCUT2D eigenvalue weighted by Gasteiger charge is -2.08. The minimum atomic E-state index is 0.0320. The van der Waals surface area contributed by atoms with Gasteiger partial charge in [-0.2, -0.15) is 0 Å². The summed E-state index contributed by atoms with van der Waals surface area (Å²) in [6.07, 6.45) is 11.1. The maximum Gasteiger partial charge on any atom is 0.149 e. The summed E-state index contributed by atoms with van der Waals surface area (Å²) in [5, 5.41) is 2.99. The lowest BCUT2D eigenvalue weighted by Crippen LogP contribution is -2.30. The van der Waals surface area contributed by atoms with Gasteiger partial charge in [-0.1, -0.05) is 51.9 Å². The van der Waals surface area contributed by atoms with E-state index >= 15 is 0 Å². The van der Waals surface area contributed by atoms with Crippen LogP contribution < -0.4 is 5.32 Å². The molecule has 0 radical (unpaired) electrons. The highest BCUT2D eigenvalue weighted by molar-refractivity contribution is 5.83. The number of hydrogen-bond acceptors (Lipinski definition) is 2. The third kappa shape index (κ3) is 8.90. The molecule has 0 amide bonds. The smallest absolute Gasteiger partial charge is 0.149 e. The van der Waals surface area contributed by atoms with Gasteiger partial charge >= 0.3 is 0 Å². The topological polar surface area (TPSA) is 29.1 Å². The molecular weight excluding hydrogens is 198 g/mol. The van der Waals surface area contributed by atoms with E-state index in [0.29, 0.717) is 5.78 Å². The maximum atomic E-state index is 11.5. The second-order valence-corrected chi connectivity index (χ2v) is 4.70. The molecule has 0 bridgehead atoms. The van der Waals surface area contributed by atoms with E-state index in [-0.39, 0.29) is 6.04 Å². The van der Waals surface area contributed by atoms with Crippen LogP contribution in [0.4, 0.5) is 0 Å². The van der Waals surface area contributed by atoms with E-state index in [2.05, 4.69) is 12.2 Å². The molecule has 0 heterocycles. The fourth-order valence-electron chi connectivity index (χ4n) is 1.81. The van der Waals surface area contributed by atoms with Crippen molar-refractivity contribution in [2.75, 3.05) is 7.05 Å². The molecule has 0 spiro atoms. The Balaban J connectivity index is 3.18. The van der Waals surface area contributed by atoms with Crippen molar-refractivity contribution >= 4 is 5.78 Å². The summed E-state index contributed by atoms with van der Waals surface area (Å²) in [6.45, 7) is 4.18. The second kappa shape index (κ2) is 11.1. The zero-order chi connectivity index (χ0) is 12.2. The normalized spacial score (nSPS) is 12.7. The average molecular weight is 227 g/mol. The van der Waals surface area contributed by atoms with Crippen molar-refractivity contribution in [2.24, 2.45) is 0 Å². The highest BCUT2D eigenvalue weighted by Gasteiger charge is 2.08. The number of ketones is 1. The Bertz CT molecular complexity index is 168. The number of rotatable bonds is 11. The summed E-state index contributed by atoms with van der Waals surface area (Å²) >= 11 is 0. The molecule has 0 aromatic carbocycles. The van der Waals surface area contributed by atoms with Crippen LogP contribution in [0.25, 0.3) is 0 Å². The van der Waals surface area contributed by atoms with Crippen molar-refractivity contribution < 1.29 is 4.79 Å². The molecule has 0 aromatic heterocycles. The number of carbonyl (C=O) groups is 1. The molecule has 0 aliphatic heterocycles. The first-order chi connectivity index (χ1) is 7.72. The van der Waals surface area contributed by atoms with Gasteiger partial charge in [-0.05, 0) is 20.4 Å². The van der Waals surface area contributed by atoms with Crippen LogP contribution >= 0.6 is 0 Å². The van der Waals surface area contributed by atoms with Gasteiger partial charge < -0.3 is 5.32 Å². The van der Waals surface area contributed by atoms with Crippen molar-refractivity contribution in [2.45, 2.75) is 77.7 Å². The van der Waals surface area contributed by atoms with Crippen LogP contribution in [0.1, 0.15) is 71.6 Å². The molecule has 2 heteroatoms. The molecule has 0 aromatic rings. The van der Waals surface area contributed by atoms with E-state index in [9.17, 15) is 4.79 Å². The summed E-state index contributed by atoms with van der Waals surface area (Å²) in [7, 11) is 1.84. The molecule has 96 valence electrons. The summed E-state index contributed by atoms with van der Waals surface area (Å²) in [4.78, 5) is 11.5. The zero-order valence-corrected chi connectivity index (χ0v) is 11.3. The van der Waals surface area contributed by atoms with E-state index in [1.165, 1.54) is 44.9 Å². The van der Waals surface area contributed by atoms with Gasteiger partial charge in [0.25, 0.3) is 0 Å². The monoisotopic (exact) mass is 227 g/mol. The van der Waals surface area contributed by atoms with Gasteiger partial charge in [0, 0.05) is 6.42 Å². The first kappa shape index (κ1) is 15.6. The molecule has 0 aliphatic carbocycles. The molecular formula is C14H29NO. The lowest BCUT2D eigenvalue weighted by atomic mass is 10.0. The SMILES string of the molecule is CCCCCCCCCCC(=O)C(C)NC. The molecule has 0 saturated carbocycles. The summed E-state index contributed by atoms with van der Waals surface area (Å²) in [5.41, 5.74) is 0. The minimum absolute atomic E-state index is 0.0320. The molecule has 2 nitrogen and oxygen atoms in total. The third-order valence-electron chi connectivity index (χ3n) is 3.19. The number of unbranched alkanes of at least 4 members (excludes halogenated alkanes) is 7. The summed E-state index contributed by atoms with van der Waals surface area (Å²) in [5.74, 6) is 0.355. The Hall–Kier alpha value is -0.370. The van der Waals surface area contributed by atoms with Gasteiger partial charge in [0.2, 0.25) is 0 Å². The van der Waals surface area contributed by atoms with Gasteiger partial charge in [0.1, 0.15) is 5.78 Å². The van der Waals surface area contributed by atoms with Gasteiger partial charge in [-0.25, -0.2) is 0 Å². The molecule has 1 N–H and O–H groups in total. The predicted octanol–water partition coefficient (Wildman–Crippen LogP) is 3.69. The van der Waals surface area contributed by atoms with E-state index < -0.39 is 0 Å².